The lowest BCUT2D eigenvalue weighted by molar-refractivity contribution is -0.218. The number of hydrogen-bond acceptors (Lipinski definition) is 13. The number of benzene rings is 1. The van der Waals surface area contributed by atoms with Crippen molar-refractivity contribution in [2.75, 3.05) is 12.3 Å². The molecular weight excluding hydrogens is 562 g/mol. The van der Waals surface area contributed by atoms with E-state index >= 15 is 0 Å². The smallest absolute Gasteiger partial charge is 0.418 e. The number of aliphatic carboxylic acids is 1. The maximum atomic E-state index is 13.0. The Kier molecular flexibility index (Phi) is 8.39. The van der Waals surface area contributed by atoms with Crippen LogP contribution in [0.1, 0.15) is 25.1 Å². The zero-order valence-electron chi connectivity index (χ0n) is 20.2. The molecule has 19 heteroatoms. The third-order valence-corrected chi connectivity index (χ3v) is 6.21. The summed E-state index contributed by atoms with van der Waals surface area (Å²) in [6.07, 6.45) is -1.57. The minimum absolute atomic E-state index is 0.0572. The summed E-state index contributed by atoms with van der Waals surface area (Å²) in [5, 5.41) is 24.7. The standard InChI is InChI=1S/C20H23N7O10S2/c1-20(2)14(17(29)27(20)37-39(32,33)34)25-16(28)13(11-8-38-19(23)24-11)26-35-7-12(18(30)31)36-10-5-3-9(4-6-10)15(21)22/h3-6,8,12,14H,7H2,1-2H3,(H3,21,22)(H2,23,24)(H,25,28)(H,30,31)(H,32,33,34)/b26-13-/t12-,14-/m1/s1. The Morgan fingerprint density at radius 2 is 1.97 bits per heavy atom. The van der Waals surface area contributed by atoms with Gasteiger partial charge in [-0.15, -0.1) is 15.6 Å². The number of ether oxygens (including phenoxy) is 1. The van der Waals surface area contributed by atoms with E-state index in [-0.39, 0.29) is 22.4 Å². The zero-order chi connectivity index (χ0) is 29.1. The molecule has 1 aliphatic rings. The lowest BCUT2D eigenvalue weighted by Crippen LogP contribution is -2.76. The molecule has 0 saturated carbocycles. The number of amides is 2. The highest BCUT2D eigenvalue weighted by molar-refractivity contribution is 7.80. The van der Waals surface area contributed by atoms with Gasteiger partial charge in [-0.05, 0) is 38.1 Å². The van der Waals surface area contributed by atoms with E-state index in [2.05, 4.69) is 19.7 Å². The van der Waals surface area contributed by atoms with E-state index in [0.29, 0.717) is 10.6 Å². The number of hydrogen-bond donors (Lipinski definition) is 6. The fourth-order valence-corrected chi connectivity index (χ4v) is 4.22. The summed E-state index contributed by atoms with van der Waals surface area (Å²) in [6.45, 7) is 2.05. The summed E-state index contributed by atoms with van der Waals surface area (Å²) in [4.78, 5) is 46.1. The minimum Gasteiger partial charge on any atom is -0.478 e. The fourth-order valence-electron chi connectivity index (χ4n) is 3.22. The summed E-state index contributed by atoms with van der Waals surface area (Å²) in [6, 6.07) is 4.41. The highest BCUT2D eigenvalue weighted by Gasteiger charge is 2.58. The van der Waals surface area contributed by atoms with Crippen molar-refractivity contribution in [1.29, 1.82) is 5.41 Å². The predicted octanol–water partition coefficient (Wildman–Crippen LogP) is -0.898. The highest BCUT2D eigenvalue weighted by Crippen LogP contribution is 2.33. The Balaban J connectivity index is 1.75. The normalized spacial score (nSPS) is 17.6. The molecule has 1 saturated heterocycles. The van der Waals surface area contributed by atoms with Crippen LogP contribution in [-0.4, -0.2) is 81.7 Å². The summed E-state index contributed by atoms with van der Waals surface area (Å²) >= 11 is 0.963. The molecule has 1 aliphatic heterocycles. The van der Waals surface area contributed by atoms with Crippen LogP contribution in [0.3, 0.4) is 0 Å². The molecule has 39 heavy (non-hydrogen) atoms. The molecule has 2 aromatic rings. The van der Waals surface area contributed by atoms with Gasteiger partial charge < -0.3 is 31.5 Å². The first-order chi connectivity index (χ1) is 18.1. The molecule has 8 N–H and O–H groups in total. The average Bonchev–Trinajstić information content (AvgIpc) is 3.27. The van der Waals surface area contributed by atoms with Crippen LogP contribution >= 0.6 is 11.3 Å². The van der Waals surface area contributed by atoms with E-state index in [1.807, 2.05) is 0 Å². The molecular formula is C20H23N7O10S2. The van der Waals surface area contributed by atoms with Crippen LogP contribution in [0.4, 0.5) is 5.13 Å². The number of thiazole rings is 1. The number of carboxylic acids is 1. The van der Waals surface area contributed by atoms with Gasteiger partial charge in [0, 0.05) is 10.9 Å². The molecule has 0 unspecified atom stereocenters. The topological polar surface area (TPSA) is 270 Å². The number of nitrogen functional groups attached to an aromatic ring is 2. The van der Waals surface area contributed by atoms with Gasteiger partial charge in [0.1, 0.15) is 23.3 Å². The molecule has 1 aromatic carbocycles. The van der Waals surface area contributed by atoms with Gasteiger partial charge in [0.25, 0.3) is 11.8 Å². The lowest BCUT2D eigenvalue weighted by atomic mass is 9.84. The van der Waals surface area contributed by atoms with E-state index in [0.717, 1.165) is 11.3 Å². The van der Waals surface area contributed by atoms with Gasteiger partial charge in [-0.25, -0.2) is 9.78 Å². The van der Waals surface area contributed by atoms with Crippen molar-refractivity contribution in [2.24, 2.45) is 10.9 Å². The summed E-state index contributed by atoms with van der Waals surface area (Å²) in [7, 11) is -5.00. The molecule has 1 fully saturated rings. The van der Waals surface area contributed by atoms with Crippen molar-refractivity contribution >= 4 is 56.2 Å². The number of nitrogens with one attached hydrogen (secondary N) is 2. The van der Waals surface area contributed by atoms with E-state index in [4.69, 9.17) is 31.0 Å². The Morgan fingerprint density at radius 3 is 2.46 bits per heavy atom. The number of rotatable bonds is 12. The van der Waals surface area contributed by atoms with Crippen LogP contribution in [-0.2, 0) is 33.9 Å². The first-order valence-corrected chi connectivity index (χ1v) is 12.9. The van der Waals surface area contributed by atoms with Gasteiger partial charge >= 0.3 is 16.4 Å². The quantitative estimate of drug-likeness (QED) is 0.0580. The second kappa shape index (κ2) is 11.2. The molecule has 3 rings (SSSR count). The zero-order valence-corrected chi connectivity index (χ0v) is 21.9. The number of hydroxylamine groups is 2. The maximum absolute atomic E-state index is 13.0. The second-order valence-corrected chi connectivity index (χ2v) is 10.3. The number of amidine groups is 1. The molecule has 2 atom stereocenters. The highest BCUT2D eigenvalue weighted by atomic mass is 32.3. The Hall–Kier alpha value is -4.33. The number of oxime groups is 1. The van der Waals surface area contributed by atoms with Crippen molar-refractivity contribution in [3.63, 3.8) is 0 Å². The number of β-lactam (4-membered cyclic amide) rings is 1. The molecule has 0 radical (unpaired) electrons. The van der Waals surface area contributed by atoms with Gasteiger partial charge in [0.15, 0.2) is 17.5 Å². The number of carbonyl (C=O) groups excluding carboxylic acids is 2. The van der Waals surface area contributed by atoms with Crippen LogP contribution in [0.5, 0.6) is 5.75 Å². The number of nitrogens with zero attached hydrogens (tertiary/aromatic N) is 3. The molecule has 0 spiro atoms. The minimum atomic E-state index is -5.00. The molecule has 2 amide bonds. The number of anilines is 1. The van der Waals surface area contributed by atoms with Gasteiger partial charge in [-0.3, -0.25) is 19.6 Å². The fraction of sp³-hybridized carbons (Fsp3) is 0.300. The van der Waals surface area contributed by atoms with Crippen LogP contribution in [0, 0.1) is 5.41 Å². The molecule has 0 bridgehead atoms. The van der Waals surface area contributed by atoms with Crippen molar-refractivity contribution in [3.05, 3.63) is 40.9 Å². The van der Waals surface area contributed by atoms with Gasteiger partial charge in [-0.1, -0.05) is 5.16 Å². The molecule has 210 valence electrons. The van der Waals surface area contributed by atoms with Crippen LogP contribution in [0.15, 0.2) is 34.8 Å². The number of nitrogens with two attached hydrogens (primary N) is 2. The van der Waals surface area contributed by atoms with Crippen LogP contribution in [0.2, 0.25) is 0 Å². The Bertz CT molecular complexity index is 1420. The van der Waals surface area contributed by atoms with Crippen molar-refractivity contribution < 1.29 is 46.3 Å². The van der Waals surface area contributed by atoms with Crippen LogP contribution in [0.25, 0.3) is 0 Å². The third-order valence-electron chi connectivity index (χ3n) is 5.20. The van der Waals surface area contributed by atoms with Gasteiger partial charge in [0.05, 0.1) is 5.54 Å². The van der Waals surface area contributed by atoms with Gasteiger partial charge in [0.2, 0.25) is 6.10 Å². The van der Waals surface area contributed by atoms with Gasteiger partial charge in [-0.2, -0.15) is 13.5 Å². The maximum Gasteiger partial charge on any atom is 0.418 e. The molecule has 2 heterocycles. The van der Waals surface area contributed by atoms with E-state index < -0.39 is 58.2 Å². The van der Waals surface area contributed by atoms with E-state index in [1.165, 1.54) is 43.5 Å². The van der Waals surface area contributed by atoms with E-state index in [1.54, 1.807) is 0 Å². The Morgan fingerprint density at radius 1 is 1.33 bits per heavy atom. The number of aromatic nitrogens is 1. The third kappa shape index (κ3) is 6.96. The SMILES string of the molecule is CC1(C)[C@H](NC(=O)/C(=N\OC[C@@H](Oc2ccc(C(=N)N)cc2)C(=O)O)c2csc(N)n2)C(=O)N1OS(=O)(=O)O. The summed E-state index contributed by atoms with van der Waals surface area (Å²) < 4.78 is 40.5. The van der Waals surface area contributed by atoms with Crippen molar-refractivity contribution in [1.82, 2.24) is 15.4 Å². The average molecular weight is 586 g/mol. The lowest BCUT2D eigenvalue weighted by Gasteiger charge is -2.50. The molecule has 1 aromatic heterocycles. The number of carboxylic acid groups (broad SMARTS) is 1. The van der Waals surface area contributed by atoms with Crippen molar-refractivity contribution in [3.8, 4) is 5.75 Å². The Labute approximate surface area is 224 Å². The van der Waals surface area contributed by atoms with Crippen molar-refractivity contribution in [2.45, 2.75) is 31.5 Å². The largest absolute Gasteiger partial charge is 0.478 e. The molecule has 17 nitrogen and oxygen atoms in total. The first-order valence-electron chi connectivity index (χ1n) is 10.7. The summed E-state index contributed by atoms with van der Waals surface area (Å²) in [5.41, 5.74) is 9.47. The molecule has 0 aliphatic carbocycles. The monoisotopic (exact) mass is 585 g/mol. The second-order valence-electron chi connectivity index (χ2n) is 8.38. The first kappa shape index (κ1) is 29.2. The van der Waals surface area contributed by atoms with Crippen LogP contribution < -0.4 is 21.5 Å². The summed E-state index contributed by atoms with van der Waals surface area (Å²) in [5.74, 6) is -3.45. The predicted molar refractivity (Wildman–Crippen MR) is 134 cm³/mol. The number of carbonyl (C=O) groups is 3. The van der Waals surface area contributed by atoms with E-state index in [9.17, 15) is 27.9 Å².